The number of benzene rings is 2. The van der Waals surface area contributed by atoms with Crippen molar-refractivity contribution in [3.8, 4) is 11.1 Å². The monoisotopic (exact) mass is 372 g/mol. The molecule has 0 spiro atoms. The summed E-state index contributed by atoms with van der Waals surface area (Å²) in [7, 11) is 0. The Hall–Kier alpha value is -2.07. The largest absolute Gasteiger partial charge is 0.370 e. The Balaban J connectivity index is 1.68. The summed E-state index contributed by atoms with van der Waals surface area (Å²) in [6.45, 7) is 4.24. The van der Waals surface area contributed by atoms with Gasteiger partial charge in [0.1, 0.15) is 5.82 Å². The van der Waals surface area contributed by atoms with Crippen molar-refractivity contribution in [1.82, 2.24) is 0 Å². The van der Waals surface area contributed by atoms with E-state index in [2.05, 4.69) is 17.1 Å². The molecule has 0 saturated carbocycles. The van der Waals surface area contributed by atoms with E-state index in [1.165, 1.54) is 25.3 Å². The maximum Gasteiger partial charge on any atom is 0.228 e. The van der Waals surface area contributed by atoms with Gasteiger partial charge >= 0.3 is 0 Å². The average Bonchev–Trinajstić information content (AvgIpc) is 3.03. The number of carbonyl (C=O) groups is 1. The minimum absolute atomic E-state index is 0.172. The van der Waals surface area contributed by atoms with Crippen molar-refractivity contribution in [2.75, 3.05) is 23.3 Å². The smallest absolute Gasteiger partial charge is 0.228 e. The molecule has 0 aromatic heterocycles. The second kappa shape index (κ2) is 6.92. The highest BCUT2D eigenvalue weighted by atomic mass is 35.5. The number of rotatable bonds is 3. The van der Waals surface area contributed by atoms with Crippen molar-refractivity contribution in [1.29, 1.82) is 0 Å². The SMILES string of the molecule is CCC1CCN(c2cccc(-c3cc(F)c4c(c3)CC(=O)N4)c2Cl)CC1. The first-order valence-electron chi connectivity index (χ1n) is 9.23. The van der Waals surface area contributed by atoms with Gasteiger partial charge in [-0.25, -0.2) is 4.39 Å². The summed E-state index contributed by atoms with van der Waals surface area (Å²) < 4.78 is 14.4. The third-order valence-corrected chi connectivity index (χ3v) is 6.01. The van der Waals surface area contributed by atoms with Gasteiger partial charge in [-0.1, -0.05) is 37.1 Å². The maximum atomic E-state index is 14.4. The first-order valence-corrected chi connectivity index (χ1v) is 9.60. The average molecular weight is 373 g/mol. The zero-order valence-corrected chi connectivity index (χ0v) is 15.6. The highest BCUT2D eigenvalue weighted by molar-refractivity contribution is 6.36. The van der Waals surface area contributed by atoms with Crippen LogP contribution in [0.25, 0.3) is 11.1 Å². The fourth-order valence-corrected chi connectivity index (χ4v) is 4.38. The van der Waals surface area contributed by atoms with E-state index in [0.717, 1.165) is 30.3 Å². The molecule has 0 atom stereocenters. The minimum atomic E-state index is -0.409. The van der Waals surface area contributed by atoms with Gasteiger partial charge in [-0.05, 0) is 48.1 Å². The zero-order valence-electron chi connectivity index (χ0n) is 14.8. The van der Waals surface area contributed by atoms with Crippen LogP contribution in [0.5, 0.6) is 0 Å². The fraction of sp³-hybridized carbons (Fsp3) is 0.381. The summed E-state index contributed by atoms with van der Waals surface area (Å²) >= 11 is 6.73. The van der Waals surface area contributed by atoms with Crippen molar-refractivity contribution in [3.63, 3.8) is 0 Å². The number of hydrogen-bond acceptors (Lipinski definition) is 2. The molecule has 0 radical (unpaired) electrons. The predicted molar refractivity (Wildman–Crippen MR) is 104 cm³/mol. The van der Waals surface area contributed by atoms with E-state index in [1.807, 2.05) is 24.3 Å². The van der Waals surface area contributed by atoms with Gasteiger partial charge in [0.25, 0.3) is 0 Å². The maximum absolute atomic E-state index is 14.4. The van der Waals surface area contributed by atoms with Gasteiger partial charge in [-0.2, -0.15) is 0 Å². The molecule has 2 aromatic carbocycles. The molecule has 3 nitrogen and oxygen atoms in total. The Morgan fingerprint density at radius 1 is 1.27 bits per heavy atom. The van der Waals surface area contributed by atoms with Crippen molar-refractivity contribution >= 4 is 28.9 Å². The number of hydrogen-bond donors (Lipinski definition) is 1. The molecule has 26 heavy (non-hydrogen) atoms. The van der Waals surface area contributed by atoms with Crippen LogP contribution in [-0.4, -0.2) is 19.0 Å². The lowest BCUT2D eigenvalue weighted by molar-refractivity contribution is -0.115. The van der Waals surface area contributed by atoms with Crippen molar-refractivity contribution in [2.24, 2.45) is 5.92 Å². The van der Waals surface area contributed by atoms with Gasteiger partial charge in [0, 0.05) is 18.7 Å². The molecule has 1 saturated heterocycles. The number of piperidine rings is 1. The zero-order chi connectivity index (χ0) is 18.3. The van der Waals surface area contributed by atoms with Crippen LogP contribution in [0.4, 0.5) is 15.8 Å². The van der Waals surface area contributed by atoms with E-state index >= 15 is 0 Å². The second-order valence-corrected chi connectivity index (χ2v) is 7.57. The van der Waals surface area contributed by atoms with Gasteiger partial charge in [-0.3, -0.25) is 4.79 Å². The molecule has 0 aliphatic carbocycles. The van der Waals surface area contributed by atoms with E-state index in [4.69, 9.17) is 11.6 Å². The van der Waals surface area contributed by atoms with Crippen molar-refractivity contribution < 1.29 is 9.18 Å². The predicted octanol–water partition coefficient (Wildman–Crippen LogP) is 5.27. The van der Waals surface area contributed by atoms with Crippen LogP contribution in [-0.2, 0) is 11.2 Å². The third kappa shape index (κ3) is 3.07. The molecule has 1 amide bonds. The molecule has 136 valence electrons. The van der Waals surface area contributed by atoms with E-state index in [-0.39, 0.29) is 12.3 Å². The summed E-state index contributed by atoms with van der Waals surface area (Å²) in [6, 6.07) is 9.24. The lowest BCUT2D eigenvalue weighted by Gasteiger charge is -2.34. The summed E-state index contributed by atoms with van der Waals surface area (Å²) in [5.74, 6) is 0.215. The molecule has 2 aromatic rings. The Morgan fingerprint density at radius 3 is 2.77 bits per heavy atom. The number of amides is 1. The number of nitrogens with zero attached hydrogens (tertiary/aromatic N) is 1. The summed E-state index contributed by atoms with van der Waals surface area (Å²) in [4.78, 5) is 13.9. The summed E-state index contributed by atoms with van der Waals surface area (Å²) in [6.07, 6.45) is 3.79. The van der Waals surface area contributed by atoms with Gasteiger partial charge in [0.05, 0.1) is 22.8 Å². The van der Waals surface area contributed by atoms with Crippen LogP contribution >= 0.6 is 11.6 Å². The highest BCUT2D eigenvalue weighted by Gasteiger charge is 2.24. The Bertz CT molecular complexity index is 859. The van der Waals surface area contributed by atoms with Crippen molar-refractivity contribution in [2.45, 2.75) is 32.6 Å². The molecular weight excluding hydrogens is 351 g/mol. The van der Waals surface area contributed by atoms with Crippen molar-refractivity contribution in [3.05, 3.63) is 46.7 Å². The van der Waals surface area contributed by atoms with Crippen LogP contribution in [0.1, 0.15) is 31.7 Å². The summed E-state index contributed by atoms with van der Waals surface area (Å²) in [5, 5.41) is 3.23. The number of anilines is 2. The topological polar surface area (TPSA) is 32.3 Å². The Labute approximate surface area is 158 Å². The van der Waals surface area contributed by atoms with E-state index in [1.54, 1.807) is 0 Å². The minimum Gasteiger partial charge on any atom is -0.370 e. The quantitative estimate of drug-likeness (QED) is 0.796. The first-order chi connectivity index (χ1) is 12.6. The van der Waals surface area contributed by atoms with E-state index < -0.39 is 5.82 Å². The molecular formula is C21H22ClFN2O. The van der Waals surface area contributed by atoms with Crippen LogP contribution in [0.3, 0.4) is 0 Å². The molecule has 0 bridgehead atoms. The Kier molecular flexibility index (Phi) is 4.62. The number of nitrogens with one attached hydrogen (secondary N) is 1. The highest BCUT2D eigenvalue weighted by Crippen LogP contribution is 2.40. The van der Waals surface area contributed by atoms with Crippen LogP contribution in [0, 0.1) is 11.7 Å². The third-order valence-electron chi connectivity index (χ3n) is 5.61. The van der Waals surface area contributed by atoms with Gasteiger partial charge < -0.3 is 10.2 Å². The molecule has 0 unspecified atom stereocenters. The number of fused-ring (bicyclic) bond motifs is 1. The van der Waals surface area contributed by atoms with Crippen LogP contribution in [0.15, 0.2) is 30.3 Å². The lowest BCUT2D eigenvalue weighted by Crippen LogP contribution is -2.33. The Morgan fingerprint density at radius 2 is 2.04 bits per heavy atom. The molecule has 2 heterocycles. The van der Waals surface area contributed by atoms with E-state index in [0.29, 0.717) is 21.8 Å². The fourth-order valence-electron chi connectivity index (χ4n) is 4.02. The van der Waals surface area contributed by atoms with E-state index in [9.17, 15) is 9.18 Å². The molecule has 5 heteroatoms. The lowest BCUT2D eigenvalue weighted by atomic mass is 9.93. The normalized spacial score (nSPS) is 17.3. The van der Waals surface area contributed by atoms with Crippen LogP contribution < -0.4 is 10.2 Å². The second-order valence-electron chi connectivity index (χ2n) is 7.19. The van der Waals surface area contributed by atoms with Gasteiger partial charge in [-0.15, -0.1) is 0 Å². The summed E-state index contributed by atoms with van der Waals surface area (Å²) in [5.41, 5.74) is 3.52. The van der Waals surface area contributed by atoms with Gasteiger partial charge in [0.15, 0.2) is 0 Å². The van der Waals surface area contributed by atoms with Gasteiger partial charge in [0.2, 0.25) is 5.91 Å². The molecule has 2 aliphatic rings. The molecule has 2 aliphatic heterocycles. The van der Waals surface area contributed by atoms with Crippen LogP contribution in [0.2, 0.25) is 5.02 Å². The molecule has 4 rings (SSSR count). The molecule has 1 fully saturated rings. The first kappa shape index (κ1) is 17.3. The number of carbonyl (C=O) groups excluding carboxylic acids is 1. The standard InChI is InChI=1S/C21H22ClFN2O/c1-2-13-6-8-25(9-7-13)18-5-3-4-16(20(18)22)14-10-15-12-19(26)24-21(15)17(23)11-14/h3-5,10-11,13H,2,6-9,12H2,1H3,(H,24,26). The number of halogens is 2. The molecule has 1 N–H and O–H groups in total.